The van der Waals surface area contributed by atoms with Crippen molar-refractivity contribution in [2.45, 2.75) is 25.4 Å². The van der Waals surface area contributed by atoms with Gasteiger partial charge in [-0.1, -0.05) is 6.42 Å². The SMILES string of the molecule is O=C(NC[C@@H](O)CN1CCCCC1)Nc1nccs1. The highest BCUT2D eigenvalue weighted by atomic mass is 32.1. The number of anilines is 1. The molecule has 7 heteroatoms. The fourth-order valence-corrected chi connectivity index (χ4v) is 2.67. The molecule has 0 saturated carbocycles. The van der Waals surface area contributed by atoms with Crippen LogP contribution in [0.25, 0.3) is 0 Å². The summed E-state index contributed by atoms with van der Waals surface area (Å²) < 4.78 is 0. The van der Waals surface area contributed by atoms with Crippen molar-refractivity contribution < 1.29 is 9.90 Å². The molecule has 1 aliphatic rings. The number of nitrogens with one attached hydrogen (secondary N) is 2. The summed E-state index contributed by atoms with van der Waals surface area (Å²) >= 11 is 1.36. The second kappa shape index (κ2) is 7.42. The fourth-order valence-electron chi connectivity index (χ4n) is 2.14. The van der Waals surface area contributed by atoms with Crippen LogP contribution in [0.15, 0.2) is 11.6 Å². The van der Waals surface area contributed by atoms with Crippen molar-refractivity contribution >= 4 is 22.5 Å². The third-order valence-corrected chi connectivity index (χ3v) is 3.76. The van der Waals surface area contributed by atoms with E-state index in [0.29, 0.717) is 11.7 Å². The van der Waals surface area contributed by atoms with E-state index in [4.69, 9.17) is 0 Å². The van der Waals surface area contributed by atoms with E-state index in [-0.39, 0.29) is 12.6 Å². The standard InChI is InChI=1S/C12H20N4O2S/c17-10(9-16-5-2-1-3-6-16)8-14-11(18)15-12-13-4-7-19-12/h4,7,10,17H,1-3,5-6,8-9H2,(H2,13,14,15,18)/t10-/m1/s1. The fraction of sp³-hybridized carbons (Fsp3) is 0.667. The molecule has 6 nitrogen and oxygen atoms in total. The number of nitrogens with zero attached hydrogens (tertiary/aromatic N) is 2. The van der Waals surface area contributed by atoms with Gasteiger partial charge in [0.1, 0.15) is 0 Å². The maximum absolute atomic E-state index is 11.5. The van der Waals surface area contributed by atoms with E-state index < -0.39 is 6.10 Å². The molecule has 0 bridgehead atoms. The lowest BCUT2D eigenvalue weighted by atomic mass is 10.1. The first-order valence-corrected chi connectivity index (χ1v) is 7.47. The number of hydrogen-bond acceptors (Lipinski definition) is 5. The van der Waals surface area contributed by atoms with Gasteiger partial charge in [0.05, 0.1) is 6.10 Å². The molecule has 0 aliphatic carbocycles. The zero-order chi connectivity index (χ0) is 13.5. The number of aliphatic hydroxyl groups excluding tert-OH is 1. The van der Waals surface area contributed by atoms with Gasteiger partial charge in [0.15, 0.2) is 5.13 Å². The summed E-state index contributed by atoms with van der Waals surface area (Å²) in [5.74, 6) is 0. The largest absolute Gasteiger partial charge is 0.390 e. The Kier molecular flexibility index (Phi) is 5.56. The number of thiazole rings is 1. The van der Waals surface area contributed by atoms with Crippen LogP contribution in [0.5, 0.6) is 0 Å². The maximum Gasteiger partial charge on any atom is 0.321 e. The monoisotopic (exact) mass is 284 g/mol. The molecule has 1 fully saturated rings. The van der Waals surface area contributed by atoms with E-state index in [1.165, 1.54) is 30.6 Å². The van der Waals surface area contributed by atoms with Gasteiger partial charge in [-0.05, 0) is 25.9 Å². The summed E-state index contributed by atoms with van der Waals surface area (Å²) in [5.41, 5.74) is 0. The Morgan fingerprint density at radius 1 is 1.47 bits per heavy atom. The molecule has 2 rings (SSSR count). The zero-order valence-corrected chi connectivity index (χ0v) is 11.7. The molecule has 0 aromatic carbocycles. The van der Waals surface area contributed by atoms with Crippen molar-refractivity contribution in [2.24, 2.45) is 0 Å². The second-order valence-corrected chi connectivity index (χ2v) is 5.58. The highest BCUT2D eigenvalue weighted by Crippen LogP contribution is 2.10. The van der Waals surface area contributed by atoms with Gasteiger partial charge in [-0.3, -0.25) is 5.32 Å². The van der Waals surface area contributed by atoms with Gasteiger partial charge in [0.25, 0.3) is 0 Å². The normalized spacial score (nSPS) is 17.9. The molecule has 19 heavy (non-hydrogen) atoms. The van der Waals surface area contributed by atoms with Crippen molar-refractivity contribution in [3.05, 3.63) is 11.6 Å². The molecule has 1 aliphatic heterocycles. The van der Waals surface area contributed by atoms with E-state index in [9.17, 15) is 9.90 Å². The van der Waals surface area contributed by atoms with Crippen LogP contribution in [0.3, 0.4) is 0 Å². The van der Waals surface area contributed by atoms with Gasteiger partial charge < -0.3 is 15.3 Å². The Morgan fingerprint density at radius 2 is 2.26 bits per heavy atom. The average molecular weight is 284 g/mol. The van der Waals surface area contributed by atoms with Crippen LogP contribution in [0, 0.1) is 0 Å². The molecule has 2 heterocycles. The number of likely N-dealkylation sites (tertiary alicyclic amines) is 1. The van der Waals surface area contributed by atoms with Crippen LogP contribution in [0.1, 0.15) is 19.3 Å². The Labute approximate surface area is 116 Å². The molecule has 1 aromatic rings. The zero-order valence-electron chi connectivity index (χ0n) is 10.8. The van der Waals surface area contributed by atoms with Crippen molar-refractivity contribution in [1.29, 1.82) is 0 Å². The number of β-amino-alcohol motifs (C(OH)–C–C–N with tert-alkyl or cyclic N) is 1. The molecular weight excluding hydrogens is 264 g/mol. The minimum absolute atomic E-state index is 0.258. The van der Waals surface area contributed by atoms with Crippen molar-refractivity contribution in [1.82, 2.24) is 15.2 Å². The van der Waals surface area contributed by atoms with Gasteiger partial charge in [0, 0.05) is 24.7 Å². The molecule has 1 atom stereocenters. The van der Waals surface area contributed by atoms with Crippen LogP contribution in [-0.4, -0.2) is 53.3 Å². The highest BCUT2D eigenvalue weighted by molar-refractivity contribution is 7.13. The summed E-state index contributed by atoms with van der Waals surface area (Å²) in [6.45, 7) is 2.97. The topological polar surface area (TPSA) is 77.5 Å². The third kappa shape index (κ3) is 5.14. The van der Waals surface area contributed by atoms with E-state index in [1.807, 2.05) is 0 Å². The molecule has 106 valence electrons. The Bertz CT molecular complexity index is 379. The van der Waals surface area contributed by atoms with Gasteiger partial charge in [-0.15, -0.1) is 11.3 Å². The molecule has 3 N–H and O–H groups in total. The van der Waals surface area contributed by atoms with E-state index in [1.54, 1.807) is 11.6 Å². The molecule has 1 aromatic heterocycles. The Hall–Kier alpha value is -1.18. The first kappa shape index (κ1) is 14.2. The first-order chi connectivity index (χ1) is 9.24. The summed E-state index contributed by atoms with van der Waals surface area (Å²) in [6, 6.07) is -0.326. The van der Waals surface area contributed by atoms with Gasteiger partial charge in [-0.25, -0.2) is 9.78 Å². The number of urea groups is 1. The average Bonchev–Trinajstić information content (AvgIpc) is 2.90. The summed E-state index contributed by atoms with van der Waals surface area (Å²) in [5, 5.41) is 17.5. The molecule has 2 amide bonds. The molecule has 0 unspecified atom stereocenters. The van der Waals surface area contributed by atoms with E-state index in [0.717, 1.165) is 13.1 Å². The maximum atomic E-state index is 11.5. The molecule has 0 spiro atoms. The predicted octanol–water partition coefficient (Wildman–Crippen LogP) is 1.11. The lowest BCUT2D eigenvalue weighted by Crippen LogP contribution is -2.42. The van der Waals surface area contributed by atoms with Gasteiger partial charge >= 0.3 is 6.03 Å². The van der Waals surface area contributed by atoms with Crippen LogP contribution < -0.4 is 10.6 Å². The number of hydrogen-bond donors (Lipinski definition) is 3. The first-order valence-electron chi connectivity index (χ1n) is 6.59. The van der Waals surface area contributed by atoms with Gasteiger partial charge in [0.2, 0.25) is 0 Å². The second-order valence-electron chi connectivity index (χ2n) is 4.69. The third-order valence-electron chi connectivity index (χ3n) is 3.07. The number of aromatic nitrogens is 1. The van der Waals surface area contributed by atoms with Crippen LogP contribution >= 0.6 is 11.3 Å². The Morgan fingerprint density at radius 3 is 2.95 bits per heavy atom. The van der Waals surface area contributed by atoms with E-state index in [2.05, 4.69) is 20.5 Å². The lowest BCUT2D eigenvalue weighted by molar-refractivity contribution is 0.102. The number of carbonyl (C=O) groups is 1. The van der Waals surface area contributed by atoms with Crippen LogP contribution in [-0.2, 0) is 0 Å². The lowest BCUT2D eigenvalue weighted by Gasteiger charge is -2.28. The number of piperidine rings is 1. The van der Waals surface area contributed by atoms with Crippen molar-refractivity contribution in [3.8, 4) is 0 Å². The minimum atomic E-state index is -0.528. The molecule has 1 saturated heterocycles. The molecular formula is C12H20N4O2S. The summed E-state index contributed by atoms with van der Waals surface area (Å²) in [7, 11) is 0. The van der Waals surface area contributed by atoms with Crippen LogP contribution in [0.4, 0.5) is 9.93 Å². The number of rotatable bonds is 5. The quantitative estimate of drug-likeness (QED) is 0.757. The van der Waals surface area contributed by atoms with Crippen molar-refractivity contribution in [2.75, 3.05) is 31.5 Å². The minimum Gasteiger partial charge on any atom is -0.390 e. The smallest absolute Gasteiger partial charge is 0.321 e. The van der Waals surface area contributed by atoms with Crippen LogP contribution in [0.2, 0.25) is 0 Å². The van der Waals surface area contributed by atoms with E-state index >= 15 is 0 Å². The summed E-state index contributed by atoms with van der Waals surface area (Å²) in [6.07, 6.45) is 4.78. The highest BCUT2D eigenvalue weighted by Gasteiger charge is 2.15. The predicted molar refractivity (Wildman–Crippen MR) is 75.4 cm³/mol. The van der Waals surface area contributed by atoms with Gasteiger partial charge in [-0.2, -0.15) is 0 Å². The number of aliphatic hydroxyl groups is 1. The Balaban J connectivity index is 1.62. The number of amides is 2. The van der Waals surface area contributed by atoms with Crippen molar-refractivity contribution in [3.63, 3.8) is 0 Å². The number of carbonyl (C=O) groups excluding carboxylic acids is 1. The molecule has 0 radical (unpaired) electrons. The summed E-state index contributed by atoms with van der Waals surface area (Å²) in [4.78, 5) is 17.7.